The van der Waals surface area contributed by atoms with E-state index in [4.69, 9.17) is 5.73 Å². The highest BCUT2D eigenvalue weighted by Gasteiger charge is 2.06. The minimum atomic E-state index is -3.23. The molecule has 1 amide bonds. The molecule has 0 fully saturated rings. The van der Waals surface area contributed by atoms with Crippen LogP contribution in [-0.4, -0.2) is 26.6 Å². The van der Waals surface area contributed by atoms with Gasteiger partial charge in [0.1, 0.15) is 0 Å². The van der Waals surface area contributed by atoms with E-state index in [0.29, 0.717) is 17.5 Å². The number of nitrogens with one attached hydrogen (secondary N) is 1. The summed E-state index contributed by atoms with van der Waals surface area (Å²) in [5.41, 5.74) is 6.23. The number of amides is 1. The van der Waals surface area contributed by atoms with Crippen LogP contribution in [0.1, 0.15) is 35.7 Å². The maximum absolute atomic E-state index is 11.5. The summed E-state index contributed by atoms with van der Waals surface area (Å²) in [4.78, 5) is 10.9. The zero-order valence-electron chi connectivity index (χ0n) is 11.3. The third-order valence-electron chi connectivity index (χ3n) is 2.55. The van der Waals surface area contributed by atoms with E-state index in [0.717, 1.165) is 6.42 Å². The summed E-state index contributed by atoms with van der Waals surface area (Å²) in [6.45, 7) is 2.01. The predicted octanol–water partition coefficient (Wildman–Crippen LogP) is 0.857. The zero-order chi connectivity index (χ0) is 15.0. The monoisotopic (exact) mass is 294 g/mol. The molecule has 0 unspecified atom stereocenters. The van der Waals surface area contributed by atoms with Crippen molar-refractivity contribution in [2.24, 2.45) is 5.73 Å². The number of benzene rings is 1. The van der Waals surface area contributed by atoms with Crippen molar-refractivity contribution in [3.63, 3.8) is 0 Å². The molecular formula is C14H18N2O3S. The van der Waals surface area contributed by atoms with Gasteiger partial charge < -0.3 is 5.73 Å². The van der Waals surface area contributed by atoms with Crippen LogP contribution >= 0.6 is 0 Å². The number of nitrogens with two attached hydrogens (primary N) is 1. The first-order chi connectivity index (χ1) is 9.44. The highest BCUT2D eigenvalue weighted by atomic mass is 32.2. The van der Waals surface area contributed by atoms with Gasteiger partial charge in [-0.1, -0.05) is 25.2 Å². The van der Waals surface area contributed by atoms with Crippen molar-refractivity contribution in [2.75, 3.05) is 12.3 Å². The number of primary amides is 1. The van der Waals surface area contributed by atoms with Crippen LogP contribution in [0.15, 0.2) is 24.3 Å². The molecule has 1 aromatic carbocycles. The molecule has 0 aliphatic rings. The molecule has 1 rings (SSSR count). The first kappa shape index (κ1) is 16.2. The van der Waals surface area contributed by atoms with Gasteiger partial charge in [0.05, 0.1) is 12.3 Å². The Balaban J connectivity index is 2.52. The van der Waals surface area contributed by atoms with E-state index in [9.17, 15) is 13.2 Å². The van der Waals surface area contributed by atoms with Crippen molar-refractivity contribution in [3.8, 4) is 11.8 Å². The fourth-order valence-corrected chi connectivity index (χ4v) is 2.52. The number of hydrogen-bond acceptors (Lipinski definition) is 3. The molecule has 6 heteroatoms. The molecule has 5 nitrogen and oxygen atoms in total. The van der Waals surface area contributed by atoms with E-state index >= 15 is 0 Å². The van der Waals surface area contributed by atoms with E-state index in [1.807, 2.05) is 6.92 Å². The van der Waals surface area contributed by atoms with E-state index in [1.54, 1.807) is 24.3 Å². The fraction of sp³-hybridized carbons (Fsp3) is 0.357. The first-order valence-corrected chi connectivity index (χ1v) is 7.96. The number of carbonyl (C=O) groups excluding carboxylic acids is 1. The molecule has 0 bridgehead atoms. The van der Waals surface area contributed by atoms with Gasteiger partial charge in [0.15, 0.2) is 0 Å². The molecule has 0 atom stereocenters. The summed E-state index contributed by atoms with van der Waals surface area (Å²) in [5.74, 6) is 5.17. The Morgan fingerprint density at radius 2 is 1.95 bits per heavy atom. The van der Waals surface area contributed by atoms with Crippen molar-refractivity contribution in [2.45, 2.75) is 19.8 Å². The second-order valence-electron chi connectivity index (χ2n) is 4.24. The van der Waals surface area contributed by atoms with Gasteiger partial charge in [-0.15, -0.1) is 0 Å². The largest absolute Gasteiger partial charge is 0.366 e. The van der Waals surface area contributed by atoms with Crippen LogP contribution in [0.3, 0.4) is 0 Å². The topological polar surface area (TPSA) is 89.3 Å². The van der Waals surface area contributed by atoms with Crippen molar-refractivity contribution in [1.29, 1.82) is 0 Å². The van der Waals surface area contributed by atoms with Crippen LogP contribution < -0.4 is 10.5 Å². The molecule has 20 heavy (non-hydrogen) atoms. The van der Waals surface area contributed by atoms with Crippen molar-refractivity contribution in [1.82, 2.24) is 4.72 Å². The Bertz CT molecular complexity index is 610. The van der Waals surface area contributed by atoms with Crippen LogP contribution in [0.2, 0.25) is 0 Å². The smallest absolute Gasteiger partial charge is 0.248 e. The van der Waals surface area contributed by atoms with E-state index < -0.39 is 15.9 Å². The van der Waals surface area contributed by atoms with E-state index in [-0.39, 0.29) is 12.3 Å². The van der Waals surface area contributed by atoms with Crippen molar-refractivity contribution >= 4 is 15.9 Å². The number of hydrogen-bond donors (Lipinski definition) is 2. The second kappa shape index (κ2) is 7.68. The van der Waals surface area contributed by atoms with E-state index in [1.165, 1.54) is 0 Å². The molecular weight excluding hydrogens is 276 g/mol. The highest BCUT2D eigenvalue weighted by Crippen LogP contribution is 2.02. The molecule has 108 valence electrons. The lowest BCUT2D eigenvalue weighted by molar-refractivity contribution is 0.100. The number of carbonyl (C=O) groups is 1. The molecule has 0 aliphatic heterocycles. The molecule has 0 aliphatic carbocycles. The van der Waals surface area contributed by atoms with Gasteiger partial charge in [-0.05, 0) is 30.7 Å². The maximum atomic E-state index is 11.5. The fourth-order valence-electron chi connectivity index (χ4n) is 1.42. The highest BCUT2D eigenvalue weighted by molar-refractivity contribution is 7.89. The summed E-state index contributed by atoms with van der Waals surface area (Å²) in [6, 6.07) is 6.49. The summed E-state index contributed by atoms with van der Waals surface area (Å²) in [7, 11) is -3.23. The molecule has 0 saturated heterocycles. The Hall–Kier alpha value is -1.84. The van der Waals surface area contributed by atoms with Gasteiger partial charge in [0.2, 0.25) is 15.9 Å². The maximum Gasteiger partial charge on any atom is 0.248 e. The predicted molar refractivity (Wildman–Crippen MR) is 78.5 cm³/mol. The molecule has 0 heterocycles. The summed E-state index contributed by atoms with van der Waals surface area (Å²) < 4.78 is 25.4. The third-order valence-corrected chi connectivity index (χ3v) is 3.96. The standard InChI is InChI=1S/C14H18N2O3S/c1-2-3-11-20(18,19)16-10-4-5-12-6-8-13(9-7-12)14(15)17/h6-9,16H,2-3,10-11H2,1H3,(H2,15,17). The summed E-state index contributed by atoms with van der Waals surface area (Å²) >= 11 is 0. The van der Waals surface area contributed by atoms with Gasteiger partial charge in [0, 0.05) is 11.1 Å². The van der Waals surface area contributed by atoms with Crippen LogP contribution in [0, 0.1) is 11.8 Å². The Morgan fingerprint density at radius 3 is 2.50 bits per heavy atom. The lowest BCUT2D eigenvalue weighted by atomic mass is 10.1. The van der Waals surface area contributed by atoms with Gasteiger partial charge in [-0.25, -0.2) is 13.1 Å². The van der Waals surface area contributed by atoms with Crippen LogP contribution in [0.25, 0.3) is 0 Å². The lowest BCUT2D eigenvalue weighted by Gasteiger charge is -2.01. The van der Waals surface area contributed by atoms with Crippen molar-refractivity contribution in [3.05, 3.63) is 35.4 Å². The third kappa shape index (κ3) is 5.87. The van der Waals surface area contributed by atoms with Crippen LogP contribution in [-0.2, 0) is 10.0 Å². The number of rotatable bonds is 6. The average Bonchev–Trinajstić information content (AvgIpc) is 2.42. The minimum absolute atomic E-state index is 0.0730. The molecule has 0 saturated carbocycles. The Kier molecular flexibility index (Phi) is 6.22. The Labute approximate surface area is 119 Å². The molecule has 0 radical (unpaired) electrons. The Morgan fingerprint density at radius 1 is 1.30 bits per heavy atom. The first-order valence-electron chi connectivity index (χ1n) is 6.30. The molecule has 1 aromatic rings. The summed E-state index contributed by atoms with van der Waals surface area (Å²) in [6.07, 6.45) is 1.47. The van der Waals surface area contributed by atoms with Gasteiger partial charge in [-0.3, -0.25) is 4.79 Å². The molecule has 3 N–H and O–H groups in total. The van der Waals surface area contributed by atoms with Crippen LogP contribution in [0.4, 0.5) is 0 Å². The van der Waals surface area contributed by atoms with Crippen LogP contribution in [0.5, 0.6) is 0 Å². The number of sulfonamides is 1. The zero-order valence-corrected chi connectivity index (χ0v) is 12.2. The lowest BCUT2D eigenvalue weighted by Crippen LogP contribution is -2.26. The van der Waals surface area contributed by atoms with Crippen molar-refractivity contribution < 1.29 is 13.2 Å². The minimum Gasteiger partial charge on any atom is -0.366 e. The van der Waals surface area contributed by atoms with E-state index in [2.05, 4.69) is 16.6 Å². The quantitative estimate of drug-likeness (QED) is 0.762. The SMILES string of the molecule is CCCCS(=O)(=O)NCC#Cc1ccc(C(N)=O)cc1. The van der Waals surface area contributed by atoms with Gasteiger partial charge in [0.25, 0.3) is 0 Å². The normalized spacial score (nSPS) is 10.7. The average molecular weight is 294 g/mol. The van der Waals surface area contributed by atoms with Gasteiger partial charge in [-0.2, -0.15) is 0 Å². The molecule has 0 aromatic heterocycles. The second-order valence-corrected chi connectivity index (χ2v) is 6.16. The number of unbranched alkanes of at least 4 members (excludes halogenated alkanes) is 1. The summed E-state index contributed by atoms with van der Waals surface area (Å²) in [5, 5.41) is 0. The van der Waals surface area contributed by atoms with Gasteiger partial charge >= 0.3 is 0 Å². The molecule has 0 spiro atoms.